The van der Waals surface area contributed by atoms with Crippen LogP contribution in [0.4, 0.5) is 0 Å². The Hall–Kier alpha value is -0.0400. The van der Waals surface area contributed by atoms with E-state index in [2.05, 4.69) is 62.1 Å². The van der Waals surface area contributed by atoms with Gasteiger partial charge in [0.15, 0.2) is 5.96 Å². The lowest BCUT2D eigenvalue weighted by Crippen LogP contribution is -2.41. The minimum Gasteiger partial charge on any atom is -0.357 e. The molecule has 2 unspecified atom stereocenters. The van der Waals surface area contributed by atoms with E-state index >= 15 is 0 Å². The zero-order valence-corrected chi connectivity index (χ0v) is 16.3. The number of aliphatic imine (C=N–C) groups is 1. The summed E-state index contributed by atoms with van der Waals surface area (Å²) in [4.78, 5) is 7.16. The molecule has 1 saturated carbocycles. The van der Waals surface area contributed by atoms with Crippen LogP contribution in [0.25, 0.3) is 0 Å². The average Bonchev–Trinajstić information content (AvgIpc) is 2.99. The molecule has 0 radical (unpaired) electrons. The average molecular weight is 396 g/mol. The minimum absolute atomic E-state index is 0. The van der Waals surface area contributed by atoms with Gasteiger partial charge in [-0.15, -0.1) is 24.0 Å². The molecule has 1 fully saturated rings. The zero-order chi connectivity index (χ0) is 14.4. The van der Waals surface area contributed by atoms with Gasteiger partial charge in [0.2, 0.25) is 0 Å². The van der Waals surface area contributed by atoms with Crippen molar-refractivity contribution in [1.29, 1.82) is 0 Å². The van der Waals surface area contributed by atoms with E-state index in [1.807, 2.05) is 0 Å². The number of hydrogen-bond acceptors (Lipinski definition) is 2. The molecule has 20 heavy (non-hydrogen) atoms. The van der Waals surface area contributed by atoms with Crippen molar-refractivity contribution in [3.8, 4) is 0 Å². The van der Waals surface area contributed by atoms with E-state index in [1.165, 1.54) is 6.42 Å². The summed E-state index contributed by atoms with van der Waals surface area (Å²) < 4.78 is 0. The van der Waals surface area contributed by atoms with Crippen molar-refractivity contribution < 1.29 is 0 Å². The molecule has 0 saturated heterocycles. The molecule has 0 aromatic carbocycles. The highest BCUT2D eigenvalue weighted by atomic mass is 127. The Bertz CT molecular complexity index is 284. The molecule has 0 spiro atoms. The summed E-state index contributed by atoms with van der Waals surface area (Å²) in [6.45, 7) is 16.2. The van der Waals surface area contributed by atoms with Crippen LogP contribution in [0.15, 0.2) is 4.99 Å². The predicted molar refractivity (Wildman–Crippen MR) is 99.1 cm³/mol. The van der Waals surface area contributed by atoms with Crippen molar-refractivity contribution in [2.24, 2.45) is 10.9 Å². The second kappa shape index (κ2) is 9.82. The van der Waals surface area contributed by atoms with Gasteiger partial charge in [0.05, 0.1) is 6.54 Å². The van der Waals surface area contributed by atoms with Gasteiger partial charge in [0.1, 0.15) is 0 Å². The van der Waals surface area contributed by atoms with Gasteiger partial charge in [-0.25, -0.2) is 0 Å². The number of nitrogens with zero attached hydrogens (tertiary/aromatic N) is 2. The molecule has 1 rings (SSSR count). The van der Waals surface area contributed by atoms with Gasteiger partial charge >= 0.3 is 0 Å². The SMILES string of the molecule is CCNC(=NCCN(C(C)C)C(C)C)NC1CC1C.I. The Morgan fingerprint density at radius 1 is 1.25 bits per heavy atom. The standard InChI is InChI=1S/C15H32N4.HI/c1-7-16-15(18-14-10-13(14)6)17-8-9-19(11(2)3)12(4)5;/h11-14H,7-10H2,1-6H3,(H2,16,17,18);1H. The quantitative estimate of drug-likeness (QED) is 0.395. The summed E-state index contributed by atoms with van der Waals surface area (Å²) in [6.07, 6.45) is 1.27. The maximum absolute atomic E-state index is 4.69. The molecule has 1 aliphatic carbocycles. The highest BCUT2D eigenvalue weighted by molar-refractivity contribution is 14.0. The van der Waals surface area contributed by atoms with Crippen LogP contribution in [0.1, 0.15) is 48.0 Å². The first-order chi connectivity index (χ1) is 8.95. The predicted octanol–water partition coefficient (Wildman–Crippen LogP) is 2.69. The Labute approximate surface area is 142 Å². The Morgan fingerprint density at radius 2 is 1.80 bits per heavy atom. The van der Waals surface area contributed by atoms with Crippen LogP contribution in [-0.2, 0) is 0 Å². The van der Waals surface area contributed by atoms with Crippen molar-refractivity contribution in [2.75, 3.05) is 19.6 Å². The van der Waals surface area contributed by atoms with Gasteiger partial charge < -0.3 is 10.6 Å². The topological polar surface area (TPSA) is 39.7 Å². The molecule has 0 aliphatic heterocycles. The molecule has 4 nitrogen and oxygen atoms in total. The molecule has 120 valence electrons. The van der Waals surface area contributed by atoms with Crippen LogP contribution < -0.4 is 10.6 Å². The van der Waals surface area contributed by atoms with E-state index < -0.39 is 0 Å². The monoisotopic (exact) mass is 396 g/mol. The van der Waals surface area contributed by atoms with Crippen molar-refractivity contribution >= 4 is 29.9 Å². The smallest absolute Gasteiger partial charge is 0.191 e. The van der Waals surface area contributed by atoms with Crippen LogP contribution in [0.5, 0.6) is 0 Å². The number of rotatable bonds is 7. The fourth-order valence-corrected chi connectivity index (χ4v) is 2.41. The van der Waals surface area contributed by atoms with Crippen molar-refractivity contribution in [2.45, 2.75) is 66.1 Å². The third-order valence-corrected chi connectivity index (χ3v) is 3.73. The lowest BCUT2D eigenvalue weighted by molar-refractivity contribution is 0.181. The summed E-state index contributed by atoms with van der Waals surface area (Å²) in [5.41, 5.74) is 0. The Kier molecular flexibility index (Phi) is 9.80. The molecule has 0 aromatic rings. The number of guanidine groups is 1. The fraction of sp³-hybridized carbons (Fsp3) is 0.933. The third-order valence-electron chi connectivity index (χ3n) is 3.73. The Balaban J connectivity index is 0.00000361. The van der Waals surface area contributed by atoms with Gasteiger partial charge in [-0.05, 0) is 47.0 Å². The molecule has 0 amide bonds. The zero-order valence-electron chi connectivity index (χ0n) is 13.9. The van der Waals surface area contributed by atoms with Gasteiger partial charge in [-0.1, -0.05) is 6.92 Å². The fourth-order valence-electron chi connectivity index (χ4n) is 2.41. The Morgan fingerprint density at radius 3 is 2.20 bits per heavy atom. The maximum atomic E-state index is 4.69. The number of nitrogens with one attached hydrogen (secondary N) is 2. The van der Waals surface area contributed by atoms with Crippen LogP contribution in [0.3, 0.4) is 0 Å². The molecule has 0 bridgehead atoms. The van der Waals surface area contributed by atoms with Crippen molar-refractivity contribution in [3.63, 3.8) is 0 Å². The molecule has 2 atom stereocenters. The molecular formula is C15H33IN4. The third kappa shape index (κ3) is 7.11. The van der Waals surface area contributed by atoms with E-state index in [0.717, 1.165) is 31.5 Å². The molecule has 0 aromatic heterocycles. The highest BCUT2D eigenvalue weighted by Crippen LogP contribution is 2.28. The largest absolute Gasteiger partial charge is 0.357 e. The normalized spacial score (nSPS) is 22.1. The second-order valence-corrected chi connectivity index (χ2v) is 6.15. The maximum Gasteiger partial charge on any atom is 0.191 e. The van der Waals surface area contributed by atoms with E-state index in [1.54, 1.807) is 0 Å². The lowest BCUT2D eigenvalue weighted by Gasteiger charge is -2.29. The van der Waals surface area contributed by atoms with Crippen LogP contribution in [-0.4, -0.2) is 48.6 Å². The van der Waals surface area contributed by atoms with E-state index in [-0.39, 0.29) is 24.0 Å². The molecular weight excluding hydrogens is 363 g/mol. The first-order valence-corrected chi connectivity index (χ1v) is 7.76. The van der Waals surface area contributed by atoms with Gasteiger partial charge in [-0.3, -0.25) is 9.89 Å². The van der Waals surface area contributed by atoms with E-state index in [4.69, 9.17) is 0 Å². The van der Waals surface area contributed by atoms with Crippen LogP contribution in [0.2, 0.25) is 0 Å². The first kappa shape index (κ1) is 20.0. The minimum atomic E-state index is 0. The molecule has 1 aliphatic rings. The molecule has 2 N–H and O–H groups in total. The second-order valence-electron chi connectivity index (χ2n) is 6.15. The summed E-state index contributed by atoms with van der Waals surface area (Å²) in [7, 11) is 0. The van der Waals surface area contributed by atoms with Gasteiger partial charge in [0.25, 0.3) is 0 Å². The molecule has 5 heteroatoms. The van der Waals surface area contributed by atoms with E-state index in [9.17, 15) is 0 Å². The summed E-state index contributed by atoms with van der Waals surface area (Å²) in [5, 5.41) is 6.82. The lowest BCUT2D eigenvalue weighted by atomic mass is 10.2. The van der Waals surface area contributed by atoms with Gasteiger partial charge in [0, 0.05) is 31.2 Å². The van der Waals surface area contributed by atoms with E-state index in [0.29, 0.717) is 18.1 Å². The molecule has 0 heterocycles. The van der Waals surface area contributed by atoms with Gasteiger partial charge in [-0.2, -0.15) is 0 Å². The summed E-state index contributed by atoms with van der Waals surface area (Å²) in [5.74, 6) is 1.77. The van der Waals surface area contributed by atoms with Crippen LogP contribution in [0, 0.1) is 5.92 Å². The summed E-state index contributed by atoms with van der Waals surface area (Å²) in [6, 6.07) is 1.78. The number of halogens is 1. The number of hydrogen-bond donors (Lipinski definition) is 2. The van der Waals surface area contributed by atoms with Crippen molar-refractivity contribution in [1.82, 2.24) is 15.5 Å². The van der Waals surface area contributed by atoms with Crippen LogP contribution >= 0.6 is 24.0 Å². The highest BCUT2D eigenvalue weighted by Gasteiger charge is 2.33. The summed E-state index contributed by atoms with van der Waals surface area (Å²) >= 11 is 0. The first-order valence-electron chi connectivity index (χ1n) is 7.76. The van der Waals surface area contributed by atoms with Crippen molar-refractivity contribution in [3.05, 3.63) is 0 Å².